The third-order valence-electron chi connectivity index (χ3n) is 5.15. The van der Waals surface area contributed by atoms with Gasteiger partial charge in [-0.1, -0.05) is 56.7 Å². The van der Waals surface area contributed by atoms with Crippen LogP contribution in [0.2, 0.25) is 0 Å². The zero-order chi connectivity index (χ0) is 12.4. The van der Waals surface area contributed by atoms with Crippen LogP contribution in [0.5, 0.6) is 0 Å². The molecule has 0 N–H and O–H groups in total. The number of hydrogen-bond acceptors (Lipinski definition) is 2. The highest BCUT2D eigenvalue weighted by Crippen LogP contribution is 2.44. The minimum Gasteiger partial charge on any atom is -0.267 e. The van der Waals surface area contributed by atoms with Crippen LogP contribution < -0.4 is 0 Å². The van der Waals surface area contributed by atoms with Gasteiger partial charge in [-0.3, -0.25) is 4.99 Å². The summed E-state index contributed by atoms with van der Waals surface area (Å²) in [5.74, 6) is 2.02. The van der Waals surface area contributed by atoms with Crippen molar-refractivity contribution in [2.75, 3.05) is 0 Å². The first kappa shape index (κ1) is 13.4. The van der Waals surface area contributed by atoms with Crippen molar-refractivity contribution in [3.63, 3.8) is 0 Å². The lowest BCUT2D eigenvalue weighted by atomic mass is 9.73. The molecule has 0 amide bonds. The van der Waals surface area contributed by atoms with Gasteiger partial charge in [-0.15, -0.1) is 12.6 Å². The van der Waals surface area contributed by atoms with Gasteiger partial charge in [-0.2, -0.15) is 0 Å². The molecule has 0 saturated heterocycles. The van der Waals surface area contributed by atoms with E-state index in [0.717, 1.165) is 21.5 Å². The van der Waals surface area contributed by atoms with Crippen molar-refractivity contribution in [1.82, 2.24) is 0 Å². The van der Waals surface area contributed by atoms with E-state index in [0.29, 0.717) is 6.04 Å². The summed E-state index contributed by atoms with van der Waals surface area (Å²) in [5.41, 5.74) is 0. The lowest BCUT2D eigenvalue weighted by Gasteiger charge is -2.36. The molecule has 3 unspecified atom stereocenters. The minimum absolute atomic E-state index is 0.604. The summed E-state index contributed by atoms with van der Waals surface area (Å²) in [6, 6.07) is 0.604. The topological polar surface area (TPSA) is 12.4 Å². The third-order valence-corrected chi connectivity index (χ3v) is 6.70. The highest BCUT2D eigenvalue weighted by Gasteiger charge is 2.37. The van der Waals surface area contributed by atoms with Gasteiger partial charge in [0.15, 0.2) is 0 Å². The predicted molar refractivity (Wildman–Crippen MR) is 84.7 cm³/mol. The van der Waals surface area contributed by atoms with Crippen molar-refractivity contribution in [1.29, 1.82) is 0 Å². The van der Waals surface area contributed by atoms with E-state index in [9.17, 15) is 0 Å². The third kappa shape index (κ3) is 3.09. The fourth-order valence-corrected chi connectivity index (χ4v) is 5.83. The fraction of sp³-hybridized carbons (Fsp3) is 0.933. The molecule has 3 aliphatic rings. The Morgan fingerprint density at radius 1 is 0.889 bits per heavy atom. The monoisotopic (exact) mass is 283 g/mol. The molecule has 18 heavy (non-hydrogen) atoms. The number of thiol groups is 1. The summed E-state index contributed by atoms with van der Waals surface area (Å²) in [6.45, 7) is 0. The molecule has 102 valence electrons. The maximum atomic E-state index is 4.67. The van der Waals surface area contributed by atoms with E-state index in [4.69, 9.17) is 0 Å². The Bertz CT molecular complexity index is 308. The van der Waals surface area contributed by atoms with Gasteiger partial charge in [-0.05, 0) is 31.1 Å². The van der Waals surface area contributed by atoms with Crippen LogP contribution in [0.4, 0.5) is 0 Å². The normalized spacial score (nSPS) is 38.7. The van der Waals surface area contributed by atoms with Crippen LogP contribution in [0, 0.1) is 11.8 Å². The average Bonchev–Trinajstić information content (AvgIpc) is 2.67. The van der Waals surface area contributed by atoms with Crippen LogP contribution >= 0.6 is 24.4 Å². The van der Waals surface area contributed by atoms with E-state index in [-0.39, 0.29) is 0 Å². The molecule has 1 heterocycles. The maximum Gasteiger partial charge on any atom is 0.122 e. The van der Waals surface area contributed by atoms with E-state index in [1.165, 1.54) is 64.2 Å². The van der Waals surface area contributed by atoms with Gasteiger partial charge in [0, 0.05) is 5.25 Å². The Morgan fingerprint density at radius 2 is 1.61 bits per heavy atom. The van der Waals surface area contributed by atoms with Crippen molar-refractivity contribution in [3.05, 3.63) is 0 Å². The van der Waals surface area contributed by atoms with E-state index in [2.05, 4.69) is 17.6 Å². The molecule has 3 rings (SSSR count). The molecule has 0 radical (unpaired) electrons. The van der Waals surface area contributed by atoms with Gasteiger partial charge < -0.3 is 0 Å². The largest absolute Gasteiger partial charge is 0.267 e. The predicted octanol–water partition coefficient (Wildman–Crippen LogP) is 4.92. The first-order valence-corrected chi connectivity index (χ1v) is 9.09. The molecule has 2 saturated carbocycles. The van der Waals surface area contributed by atoms with Crippen LogP contribution in [-0.4, -0.2) is 15.7 Å². The van der Waals surface area contributed by atoms with Gasteiger partial charge in [0.25, 0.3) is 0 Å². The summed E-state index contributed by atoms with van der Waals surface area (Å²) in [6.07, 6.45) is 14.6. The molecule has 0 spiro atoms. The Labute approximate surface area is 121 Å². The lowest BCUT2D eigenvalue weighted by molar-refractivity contribution is 0.203. The maximum absolute atomic E-state index is 4.67. The highest BCUT2D eigenvalue weighted by atomic mass is 32.2. The van der Waals surface area contributed by atoms with Gasteiger partial charge >= 0.3 is 0 Å². The molecule has 3 heteroatoms. The molecular weight excluding hydrogens is 258 g/mol. The first-order valence-electron chi connectivity index (χ1n) is 7.76. The fourth-order valence-electron chi connectivity index (χ4n) is 4.11. The second-order valence-electron chi connectivity index (χ2n) is 6.31. The summed E-state index contributed by atoms with van der Waals surface area (Å²) in [5, 5.41) is 0.765. The number of rotatable bonds is 1. The molecule has 3 atom stereocenters. The second kappa shape index (κ2) is 6.21. The number of aliphatic imine (C=N–C) groups is 1. The molecule has 2 fully saturated rings. The summed E-state index contributed by atoms with van der Waals surface area (Å²) in [7, 11) is 0. The van der Waals surface area contributed by atoms with Crippen molar-refractivity contribution >= 4 is 28.8 Å². The quantitative estimate of drug-likeness (QED) is 0.674. The van der Waals surface area contributed by atoms with Gasteiger partial charge in [0.05, 0.1) is 6.04 Å². The Morgan fingerprint density at radius 3 is 2.39 bits per heavy atom. The molecule has 0 aromatic heterocycles. The van der Waals surface area contributed by atoms with Crippen LogP contribution in [-0.2, 0) is 0 Å². The number of hydrogen-bond donors (Lipinski definition) is 1. The molecule has 0 bridgehead atoms. The second-order valence-corrected chi connectivity index (χ2v) is 8.27. The molecule has 1 aliphatic heterocycles. The van der Waals surface area contributed by atoms with E-state index >= 15 is 0 Å². The zero-order valence-corrected chi connectivity index (χ0v) is 12.9. The van der Waals surface area contributed by atoms with E-state index in [1.54, 1.807) is 0 Å². The molecular formula is C15H25NS2. The van der Waals surface area contributed by atoms with E-state index < -0.39 is 0 Å². The molecule has 0 aromatic rings. The Kier molecular flexibility index (Phi) is 4.61. The molecule has 0 aromatic carbocycles. The van der Waals surface area contributed by atoms with Gasteiger partial charge in [0.1, 0.15) is 4.38 Å². The summed E-state index contributed by atoms with van der Waals surface area (Å²) < 4.78 is 1.04. The number of fused-ring (bicyclic) bond motifs is 1. The van der Waals surface area contributed by atoms with Crippen molar-refractivity contribution in [2.45, 2.75) is 75.5 Å². The van der Waals surface area contributed by atoms with Crippen molar-refractivity contribution < 1.29 is 0 Å². The minimum atomic E-state index is 0.604. The Hall–Kier alpha value is 0.370. The molecule has 2 aliphatic carbocycles. The van der Waals surface area contributed by atoms with Gasteiger partial charge in [-0.25, -0.2) is 0 Å². The standard InChI is InChI=1S/C15H25NS2/c17-15-16-13-9-8-12(10-14(13)18-15)11-6-4-2-1-3-5-7-11/h11-14H,1-10H2,(H,16,17). The van der Waals surface area contributed by atoms with Gasteiger partial charge in [0.2, 0.25) is 0 Å². The first-order chi connectivity index (χ1) is 8.83. The summed E-state index contributed by atoms with van der Waals surface area (Å²) >= 11 is 6.39. The van der Waals surface area contributed by atoms with E-state index in [1.807, 2.05) is 11.8 Å². The van der Waals surface area contributed by atoms with Crippen LogP contribution in [0.3, 0.4) is 0 Å². The SMILES string of the molecule is SC1=NC2CCC(C3CCCCCCC3)CC2S1. The van der Waals surface area contributed by atoms with Crippen LogP contribution in [0.1, 0.15) is 64.2 Å². The average molecular weight is 284 g/mol. The highest BCUT2D eigenvalue weighted by molar-refractivity contribution is 8.33. The number of nitrogens with zero attached hydrogens (tertiary/aromatic N) is 1. The van der Waals surface area contributed by atoms with Crippen LogP contribution in [0.15, 0.2) is 4.99 Å². The zero-order valence-electron chi connectivity index (χ0n) is 11.2. The van der Waals surface area contributed by atoms with Crippen molar-refractivity contribution in [2.24, 2.45) is 16.8 Å². The number of thioether (sulfide) groups is 1. The lowest BCUT2D eigenvalue weighted by Crippen LogP contribution is -2.31. The van der Waals surface area contributed by atoms with Crippen LogP contribution in [0.25, 0.3) is 0 Å². The summed E-state index contributed by atoms with van der Waals surface area (Å²) in [4.78, 5) is 4.67. The van der Waals surface area contributed by atoms with Crippen molar-refractivity contribution in [3.8, 4) is 0 Å². The Balaban J connectivity index is 1.56. The molecule has 1 nitrogen and oxygen atoms in total. The smallest absolute Gasteiger partial charge is 0.122 e.